The Kier molecular flexibility index (Phi) is 5.03. The second-order valence-corrected chi connectivity index (χ2v) is 6.80. The summed E-state index contributed by atoms with van der Waals surface area (Å²) >= 11 is 5.12. The smallest absolute Gasteiger partial charge is 0.290 e. The Balaban J connectivity index is 1.47. The molecule has 4 rings (SSSR count). The molecule has 0 atom stereocenters. The zero-order chi connectivity index (χ0) is 19.5. The van der Waals surface area contributed by atoms with E-state index in [9.17, 15) is 9.18 Å². The molecule has 1 aromatic heterocycles. The van der Waals surface area contributed by atoms with E-state index in [2.05, 4.69) is 21.3 Å². The normalized spacial score (nSPS) is 12.3. The van der Waals surface area contributed by atoms with Gasteiger partial charge in [-0.3, -0.25) is 15.6 Å². The third kappa shape index (κ3) is 3.59. The summed E-state index contributed by atoms with van der Waals surface area (Å²) in [5.41, 5.74) is 8.68. The first-order valence-corrected chi connectivity index (χ1v) is 9.32. The van der Waals surface area contributed by atoms with Crippen molar-refractivity contribution in [3.05, 3.63) is 77.4 Å². The number of nitrogens with zero attached hydrogens (tertiary/aromatic N) is 2. The number of nitrogens with one attached hydrogen (secondary N) is 3. The summed E-state index contributed by atoms with van der Waals surface area (Å²) in [5, 5.41) is 7.31. The van der Waals surface area contributed by atoms with Gasteiger partial charge in [-0.2, -0.15) is 5.10 Å². The van der Waals surface area contributed by atoms with Gasteiger partial charge in [-0.1, -0.05) is 30.3 Å². The second-order valence-electron chi connectivity index (χ2n) is 6.39. The first kappa shape index (κ1) is 18.1. The third-order valence-corrected chi connectivity index (χ3v) is 4.76. The lowest BCUT2D eigenvalue weighted by Crippen LogP contribution is -2.44. The van der Waals surface area contributed by atoms with Gasteiger partial charge < -0.3 is 5.32 Å². The molecular weight excluding hydrogens is 377 g/mol. The van der Waals surface area contributed by atoms with E-state index in [0.29, 0.717) is 5.69 Å². The van der Waals surface area contributed by atoms with Crippen molar-refractivity contribution < 1.29 is 9.18 Å². The van der Waals surface area contributed by atoms with Gasteiger partial charge in [0.2, 0.25) is 0 Å². The van der Waals surface area contributed by atoms with E-state index < -0.39 is 5.82 Å². The highest BCUT2D eigenvalue weighted by atomic mass is 32.1. The predicted molar refractivity (Wildman–Crippen MR) is 109 cm³/mol. The van der Waals surface area contributed by atoms with Crippen molar-refractivity contribution in [2.45, 2.75) is 19.3 Å². The number of anilines is 1. The lowest BCUT2D eigenvalue weighted by molar-refractivity contribution is 0.0938. The Morgan fingerprint density at radius 3 is 2.57 bits per heavy atom. The number of carbonyl (C=O) groups is 1. The Hall–Kier alpha value is -3.26. The molecule has 0 saturated carbocycles. The van der Waals surface area contributed by atoms with E-state index in [0.717, 1.165) is 36.2 Å². The van der Waals surface area contributed by atoms with E-state index in [1.165, 1.54) is 6.07 Å². The van der Waals surface area contributed by atoms with Crippen LogP contribution in [0.5, 0.6) is 0 Å². The largest absolute Gasteiger partial charge is 0.329 e. The summed E-state index contributed by atoms with van der Waals surface area (Å²) < 4.78 is 15.5. The fourth-order valence-electron chi connectivity index (χ4n) is 3.29. The average molecular weight is 395 g/mol. The third-order valence-electron chi connectivity index (χ3n) is 4.56. The topological polar surface area (TPSA) is 71.0 Å². The molecule has 8 heteroatoms. The predicted octanol–water partition coefficient (Wildman–Crippen LogP) is 3.13. The van der Waals surface area contributed by atoms with Crippen molar-refractivity contribution in [2.24, 2.45) is 0 Å². The first-order chi connectivity index (χ1) is 13.6. The van der Waals surface area contributed by atoms with Crippen LogP contribution >= 0.6 is 12.2 Å². The van der Waals surface area contributed by atoms with E-state index in [1.807, 2.05) is 35.0 Å². The monoisotopic (exact) mass is 395 g/mol. The molecule has 0 radical (unpaired) electrons. The number of hydrogen-bond acceptors (Lipinski definition) is 3. The molecule has 28 heavy (non-hydrogen) atoms. The quantitative estimate of drug-likeness (QED) is 0.470. The molecule has 3 aromatic rings. The number of thiocarbonyl (C=S) groups is 1. The zero-order valence-corrected chi connectivity index (χ0v) is 15.7. The van der Waals surface area contributed by atoms with Crippen LogP contribution in [0.3, 0.4) is 0 Å². The highest BCUT2D eigenvalue weighted by Gasteiger charge is 2.27. The molecule has 0 bridgehead atoms. The molecule has 142 valence electrons. The summed E-state index contributed by atoms with van der Waals surface area (Å²) in [6.07, 6.45) is 2.68. The van der Waals surface area contributed by atoms with Crippen LogP contribution in [0.15, 0.2) is 54.6 Å². The first-order valence-electron chi connectivity index (χ1n) is 8.91. The van der Waals surface area contributed by atoms with E-state index in [-0.39, 0.29) is 16.7 Å². The van der Waals surface area contributed by atoms with Gasteiger partial charge in [0.1, 0.15) is 5.82 Å². The van der Waals surface area contributed by atoms with Crippen molar-refractivity contribution in [3.8, 4) is 5.69 Å². The number of benzene rings is 2. The summed E-state index contributed by atoms with van der Waals surface area (Å²) in [6.45, 7) is 0. The molecule has 2 aromatic carbocycles. The molecule has 0 spiro atoms. The SMILES string of the molecule is O=C(NNC(=S)Nc1ccccc1F)c1nn(-c2ccccc2)c2c1CCC2. The van der Waals surface area contributed by atoms with Gasteiger partial charge in [0, 0.05) is 11.3 Å². The van der Waals surface area contributed by atoms with Crippen LogP contribution in [0.4, 0.5) is 10.1 Å². The molecule has 1 aliphatic rings. The number of aromatic nitrogens is 2. The van der Waals surface area contributed by atoms with Crippen molar-refractivity contribution >= 4 is 28.9 Å². The summed E-state index contributed by atoms with van der Waals surface area (Å²) in [7, 11) is 0. The van der Waals surface area contributed by atoms with Crippen molar-refractivity contribution in [2.75, 3.05) is 5.32 Å². The number of hydrogen-bond donors (Lipinski definition) is 3. The Labute approximate surface area is 166 Å². The molecule has 6 nitrogen and oxygen atoms in total. The molecule has 1 amide bonds. The van der Waals surface area contributed by atoms with Crippen LogP contribution < -0.4 is 16.2 Å². The van der Waals surface area contributed by atoms with Gasteiger partial charge in [0.05, 0.1) is 11.4 Å². The molecule has 0 fully saturated rings. The maximum atomic E-state index is 13.7. The number of amides is 1. The number of rotatable bonds is 3. The van der Waals surface area contributed by atoms with Crippen LogP contribution in [0.2, 0.25) is 0 Å². The van der Waals surface area contributed by atoms with Crippen molar-refractivity contribution in [1.29, 1.82) is 0 Å². The summed E-state index contributed by atoms with van der Waals surface area (Å²) in [4.78, 5) is 12.7. The van der Waals surface area contributed by atoms with Gasteiger partial charge in [-0.25, -0.2) is 9.07 Å². The van der Waals surface area contributed by atoms with Crippen LogP contribution in [0, 0.1) is 5.82 Å². The number of halogens is 1. The molecular formula is C20H18FN5OS. The minimum absolute atomic E-state index is 0.0811. The summed E-state index contributed by atoms with van der Waals surface area (Å²) in [6, 6.07) is 15.9. The Morgan fingerprint density at radius 1 is 1.04 bits per heavy atom. The van der Waals surface area contributed by atoms with Gasteiger partial charge >= 0.3 is 0 Å². The Bertz CT molecular complexity index is 1030. The van der Waals surface area contributed by atoms with Gasteiger partial charge in [0.15, 0.2) is 10.8 Å². The number of para-hydroxylation sites is 2. The van der Waals surface area contributed by atoms with Gasteiger partial charge in [0.25, 0.3) is 5.91 Å². The maximum Gasteiger partial charge on any atom is 0.290 e. The van der Waals surface area contributed by atoms with Crippen molar-refractivity contribution in [3.63, 3.8) is 0 Å². The fourth-order valence-corrected chi connectivity index (χ4v) is 3.45. The molecule has 1 heterocycles. The van der Waals surface area contributed by atoms with E-state index in [4.69, 9.17) is 12.2 Å². The minimum Gasteiger partial charge on any atom is -0.329 e. The van der Waals surface area contributed by atoms with Crippen LogP contribution in [-0.2, 0) is 12.8 Å². The molecule has 0 aliphatic heterocycles. The highest BCUT2D eigenvalue weighted by Crippen LogP contribution is 2.27. The molecule has 3 N–H and O–H groups in total. The minimum atomic E-state index is -0.433. The van der Waals surface area contributed by atoms with Gasteiger partial charge in [-0.15, -0.1) is 0 Å². The fraction of sp³-hybridized carbons (Fsp3) is 0.150. The van der Waals surface area contributed by atoms with Crippen LogP contribution in [0.25, 0.3) is 5.69 Å². The average Bonchev–Trinajstić information content (AvgIpc) is 3.31. The zero-order valence-electron chi connectivity index (χ0n) is 14.9. The maximum absolute atomic E-state index is 13.7. The van der Waals surface area contributed by atoms with Crippen LogP contribution in [-0.4, -0.2) is 20.8 Å². The highest BCUT2D eigenvalue weighted by molar-refractivity contribution is 7.80. The number of hydrazine groups is 1. The lowest BCUT2D eigenvalue weighted by atomic mass is 10.2. The van der Waals surface area contributed by atoms with E-state index >= 15 is 0 Å². The molecule has 1 aliphatic carbocycles. The van der Waals surface area contributed by atoms with Gasteiger partial charge in [-0.05, 0) is 55.7 Å². The van der Waals surface area contributed by atoms with Crippen LogP contribution in [0.1, 0.15) is 28.2 Å². The number of carbonyl (C=O) groups excluding carboxylic acids is 1. The van der Waals surface area contributed by atoms with E-state index in [1.54, 1.807) is 18.2 Å². The lowest BCUT2D eigenvalue weighted by Gasteiger charge is -2.11. The standard InChI is InChI=1S/C20H18FN5OS/c21-15-10-4-5-11-16(15)22-20(28)24-23-19(27)18-14-9-6-12-17(14)26(25-18)13-7-2-1-3-8-13/h1-5,7-8,10-11H,6,9,12H2,(H,23,27)(H2,22,24,28). The second kappa shape index (κ2) is 7.77. The number of fused-ring (bicyclic) bond motifs is 1. The van der Waals surface area contributed by atoms with Crippen molar-refractivity contribution in [1.82, 2.24) is 20.6 Å². The summed E-state index contributed by atoms with van der Waals surface area (Å²) in [5.74, 6) is -0.817. The Morgan fingerprint density at radius 2 is 1.79 bits per heavy atom. The molecule has 0 saturated heterocycles. The molecule has 0 unspecified atom stereocenters.